The number of imidazole rings is 1. The van der Waals surface area contributed by atoms with Crippen molar-refractivity contribution in [1.82, 2.24) is 24.8 Å². The van der Waals surface area contributed by atoms with Gasteiger partial charge in [0, 0.05) is 79.6 Å². The average Bonchev–Trinajstić information content (AvgIpc) is 3.81. The zero-order valence-corrected chi connectivity index (χ0v) is 42.8. The summed E-state index contributed by atoms with van der Waals surface area (Å²) in [5, 5.41) is 28.5. The molecule has 1 saturated heterocycles. The van der Waals surface area contributed by atoms with Crippen LogP contribution in [0.3, 0.4) is 0 Å². The highest BCUT2D eigenvalue weighted by Gasteiger charge is 2.47. The molecule has 6 rings (SSSR count). The van der Waals surface area contributed by atoms with Crippen molar-refractivity contribution in [2.24, 2.45) is 0 Å². The predicted octanol–water partition coefficient (Wildman–Crippen LogP) is 2.54. The first kappa shape index (κ1) is 57.5. The van der Waals surface area contributed by atoms with Gasteiger partial charge in [-0.2, -0.15) is 8.62 Å². The minimum absolute atomic E-state index is 0.0147. The van der Waals surface area contributed by atoms with Crippen LogP contribution in [0.5, 0.6) is 0 Å². The Balaban J connectivity index is 0.885. The zero-order valence-electron chi connectivity index (χ0n) is 39.3. The number of carbonyl (C=O) groups excluding carboxylic acids is 1. The van der Waals surface area contributed by atoms with Gasteiger partial charge in [0.05, 0.1) is 22.3 Å². The predicted molar refractivity (Wildman–Crippen MR) is 259 cm³/mol. The number of hydrogen-bond acceptors (Lipinski definition) is 21. The van der Waals surface area contributed by atoms with Gasteiger partial charge in [-0.25, -0.2) is 46.4 Å². The molecule has 1 aliphatic rings. The molecule has 0 spiro atoms. The molecule has 73 heavy (non-hydrogen) atoms. The number of aliphatic hydroxyl groups excluding tert-OH is 2. The summed E-state index contributed by atoms with van der Waals surface area (Å²) in [5.41, 5.74) is 8.10. The summed E-state index contributed by atoms with van der Waals surface area (Å²) >= 11 is 0. The number of hydrogen-bond donors (Lipinski definition) is 9. The zero-order chi connectivity index (χ0) is 53.1. The minimum Gasteiger partial charge on any atom is -0.748 e. The van der Waals surface area contributed by atoms with Crippen molar-refractivity contribution in [1.29, 1.82) is 0 Å². The molecule has 0 aliphatic carbocycles. The van der Waals surface area contributed by atoms with Crippen molar-refractivity contribution in [3.05, 3.63) is 65.5 Å². The van der Waals surface area contributed by atoms with Crippen LogP contribution in [0, 0.1) is 0 Å². The van der Waals surface area contributed by atoms with Crippen molar-refractivity contribution in [2.45, 2.75) is 95.8 Å². The molecular formula is C41H58N9O19P3S. The highest BCUT2D eigenvalue weighted by atomic mass is 32.2. The molecule has 0 saturated carbocycles. The number of phosphoric ester groups is 1. The normalized spacial score (nSPS) is 19.0. The second-order valence-electron chi connectivity index (χ2n) is 16.9. The average molecular weight is 1110 g/mol. The maximum Gasteiger partial charge on any atom is 0.490 e. The molecule has 5 aromatic rings. The second-order valence-corrected chi connectivity index (χ2v) is 22.8. The molecule has 1 fully saturated rings. The molecule has 28 nitrogen and oxygen atoms in total. The summed E-state index contributed by atoms with van der Waals surface area (Å²) in [6.07, 6.45) is 3.88. The Morgan fingerprint density at radius 3 is 2.34 bits per heavy atom. The number of aromatic nitrogens is 5. The number of benzene rings is 1. The number of phosphoric acid groups is 3. The van der Waals surface area contributed by atoms with Gasteiger partial charge < -0.3 is 64.8 Å². The van der Waals surface area contributed by atoms with Gasteiger partial charge in [0.15, 0.2) is 35.6 Å². The lowest BCUT2D eigenvalue weighted by molar-refractivity contribution is -0.696. The lowest BCUT2D eigenvalue weighted by Crippen LogP contribution is -2.33. The van der Waals surface area contributed by atoms with E-state index in [-0.39, 0.29) is 35.3 Å². The number of ether oxygens (including phenoxy) is 1. The van der Waals surface area contributed by atoms with E-state index in [4.69, 9.17) is 24.7 Å². The summed E-state index contributed by atoms with van der Waals surface area (Å²) < 4.78 is 94.0. The summed E-state index contributed by atoms with van der Waals surface area (Å²) in [5.74, 6) is -0.403. The number of aryl methyl sites for hydroxylation is 1. The van der Waals surface area contributed by atoms with Crippen LogP contribution < -0.4 is 31.5 Å². The van der Waals surface area contributed by atoms with Crippen molar-refractivity contribution in [3.8, 4) is 11.1 Å². The smallest absolute Gasteiger partial charge is 0.490 e. The van der Waals surface area contributed by atoms with Gasteiger partial charge in [0.2, 0.25) is 11.9 Å². The van der Waals surface area contributed by atoms with Gasteiger partial charge in [-0.1, -0.05) is 19.3 Å². The summed E-state index contributed by atoms with van der Waals surface area (Å²) in [6.45, 7) is 3.65. The van der Waals surface area contributed by atoms with Gasteiger partial charge >= 0.3 is 29.1 Å². The molecule has 0 radical (unpaired) electrons. The van der Waals surface area contributed by atoms with Crippen LogP contribution in [0.2, 0.25) is 0 Å². The van der Waals surface area contributed by atoms with E-state index in [0.717, 1.165) is 56.0 Å². The van der Waals surface area contributed by atoms with E-state index in [0.29, 0.717) is 62.2 Å². The standard InChI is InChI=1S/C41H58N9O19P3S/c1-2-49(29-13-12-28-23-30(40(54)67-31(28)24-29)27-14-20-48(21-15-27)18-10-22-73(62,63)64)19-9-5-6-11-33(51)43-16-7-3-4-8-17-44-41-47-34-37(42)45-26-46-38(34)50(41)39-36(53)35(52)32(66-39)25-65-71(58,59)69-72(60,61)68-70(55,56)57/h12-15,20-21,23-24,26,32,35-36,39,52-53H,2-11,16-19,22,25H2,1H3,(H8-,42,43,44,45,46,47,51,55,56,57,58,59,60,61,62,63,64)/t32-,35-,36-,39-/m1/s1. The van der Waals surface area contributed by atoms with E-state index < -0.39 is 76.1 Å². The van der Waals surface area contributed by atoms with E-state index in [9.17, 15) is 56.3 Å². The Morgan fingerprint density at radius 2 is 1.64 bits per heavy atom. The number of rotatable bonds is 29. The van der Waals surface area contributed by atoms with Crippen LogP contribution in [-0.2, 0) is 53.0 Å². The van der Waals surface area contributed by atoms with Crippen LogP contribution in [0.1, 0.15) is 70.9 Å². The lowest BCUT2D eigenvalue weighted by Gasteiger charge is -2.23. The van der Waals surface area contributed by atoms with Crippen molar-refractivity contribution < 1.29 is 88.1 Å². The van der Waals surface area contributed by atoms with Crippen molar-refractivity contribution in [2.75, 3.05) is 54.5 Å². The molecular weight excluding hydrogens is 1050 g/mol. The number of unbranched alkanes of at least 4 members (excludes halogenated alkanes) is 5. The Kier molecular flexibility index (Phi) is 19.8. The molecule has 6 atom stereocenters. The number of nitrogen functional groups attached to an aromatic ring is 1. The van der Waals surface area contributed by atoms with Gasteiger partial charge in [0.1, 0.15) is 36.8 Å². The summed E-state index contributed by atoms with van der Waals surface area (Å²) in [4.78, 5) is 77.1. The monoisotopic (exact) mass is 1110 g/mol. The van der Waals surface area contributed by atoms with Gasteiger partial charge in [-0.3, -0.25) is 13.9 Å². The van der Waals surface area contributed by atoms with Crippen LogP contribution >= 0.6 is 23.5 Å². The molecule has 1 amide bonds. The third-order valence-electron chi connectivity index (χ3n) is 11.4. The van der Waals surface area contributed by atoms with Gasteiger partial charge in [-0.05, 0) is 50.8 Å². The van der Waals surface area contributed by atoms with Crippen LogP contribution in [0.15, 0.2) is 64.3 Å². The van der Waals surface area contributed by atoms with Crippen molar-refractivity contribution in [3.63, 3.8) is 0 Å². The number of pyridine rings is 1. The number of carbonyl (C=O) groups is 1. The molecule has 402 valence electrons. The maximum absolute atomic E-state index is 13.0. The number of nitrogens with two attached hydrogens (primary N) is 1. The van der Waals surface area contributed by atoms with Gasteiger partial charge in [-0.15, -0.1) is 0 Å². The fraction of sp³-hybridized carbons (Fsp3) is 0.512. The molecule has 0 bridgehead atoms. The van der Waals surface area contributed by atoms with E-state index >= 15 is 0 Å². The number of anilines is 3. The molecule has 10 N–H and O–H groups in total. The third-order valence-corrected chi connectivity index (χ3v) is 16.0. The molecule has 1 aliphatic heterocycles. The number of nitrogens with zero attached hydrogens (tertiary/aromatic N) is 6. The maximum atomic E-state index is 13.0. The number of fused-ring (bicyclic) bond motifs is 2. The Morgan fingerprint density at radius 1 is 0.932 bits per heavy atom. The molecule has 1 aromatic carbocycles. The Bertz CT molecular complexity index is 3020. The van der Waals surface area contributed by atoms with Gasteiger partial charge in [0.25, 0.3) is 0 Å². The Hall–Kier alpha value is -4.80. The molecule has 32 heteroatoms. The number of amides is 1. The summed E-state index contributed by atoms with van der Waals surface area (Å²) in [6, 6.07) is 10.9. The third kappa shape index (κ3) is 16.9. The first-order valence-electron chi connectivity index (χ1n) is 23.0. The first-order valence-corrected chi connectivity index (χ1v) is 29.1. The van der Waals surface area contributed by atoms with Crippen LogP contribution in [0.4, 0.5) is 17.5 Å². The van der Waals surface area contributed by atoms with E-state index in [1.807, 2.05) is 25.1 Å². The van der Waals surface area contributed by atoms with Crippen LogP contribution in [0.25, 0.3) is 33.3 Å². The largest absolute Gasteiger partial charge is 0.748 e. The van der Waals surface area contributed by atoms with E-state index in [1.165, 1.54) is 4.57 Å². The number of nitrogens with one attached hydrogen (secondary N) is 2. The lowest BCUT2D eigenvalue weighted by atomic mass is 10.1. The fourth-order valence-corrected chi connectivity index (χ4v) is 11.4. The number of aliphatic hydroxyl groups is 2. The molecule has 2 unspecified atom stereocenters. The molecule has 5 heterocycles. The van der Waals surface area contributed by atoms with Crippen molar-refractivity contribution >= 4 is 79.1 Å². The van der Waals surface area contributed by atoms with Crippen LogP contribution in [-0.4, -0.2) is 125 Å². The highest BCUT2D eigenvalue weighted by molar-refractivity contribution is 7.85. The SMILES string of the molecule is CCN(CCCCCC(=O)NCCCCCCNc1nc2c(N)ncnc2n1[C@@H]1O[C@H](COP(=O)(O)OP(=O)(O)OP(=O)(O)O)[C@@H](O)[C@H]1O)c1ccc2cc(-c3cc[n+](CCCS(=O)(=O)[O-])cc3)c(=O)oc2c1. The quantitative estimate of drug-likeness (QED) is 0.0109. The summed E-state index contributed by atoms with van der Waals surface area (Å²) in [7, 11) is -21.3. The fourth-order valence-electron chi connectivity index (χ4n) is 7.91. The van der Waals surface area contributed by atoms with E-state index in [2.05, 4.69) is 43.6 Å². The minimum atomic E-state index is -5.81. The topological polar surface area (TPSA) is 415 Å². The Labute approximate surface area is 417 Å². The first-order chi connectivity index (χ1) is 34.4. The highest BCUT2D eigenvalue weighted by Crippen LogP contribution is 2.66. The van der Waals surface area contributed by atoms with E-state index in [1.54, 1.807) is 35.2 Å². The second kappa shape index (κ2) is 25.2. The molecule has 4 aromatic heterocycles.